The number of hydrogen-bond donors (Lipinski definition) is 0. The van der Waals surface area contributed by atoms with Crippen LogP contribution in [-0.2, 0) is 11.3 Å². The van der Waals surface area contributed by atoms with Crippen LogP contribution in [0.3, 0.4) is 0 Å². The van der Waals surface area contributed by atoms with Crippen molar-refractivity contribution in [1.29, 1.82) is 0 Å². The predicted octanol–water partition coefficient (Wildman–Crippen LogP) is 2.31. The second-order valence-corrected chi connectivity index (χ2v) is 7.07. The Morgan fingerprint density at radius 1 is 1.21 bits per heavy atom. The average Bonchev–Trinajstić information content (AvgIpc) is 3.00. The second kappa shape index (κ2) is 8.26. The van der Waals surface area contributed by atoms with Crippen LogP contribution in [-0.4, -0.2) is 60.5 Å². The van der Waals surface area contributed by atoms with Gasteiger partial charge in [-0.05, 0) is 19.0 Å². The van der Waals surface area contributed by atoms with Gasteiger partial charge in [-0.15, -0.1) is 11.3 Å². The van der Waals surface area contributed by atoms with E-state index in [1.165, 1.54) is 5.56 Å². The van der Waals surface area contributed by atoms with Gasteiger partial charge >= 0.3 is 0 Å². The summed E-state index contributed by atoms with van der Waals surface area (Å²) in [5.74, 6) is 0.217. The van der Waals surface area contributed by atoms with Crippen LogP contribution in [0.5, 0.6) is 0 Å². The third-order valence-electron chi connectivity index (χ3n) is 4.24. The number of carbonyl (C=O) groups is 1. The summed E-state index contributed by atoms with van der Waals surface area (Å²) in [6.45, 7) is 4.70. The van der Waals surface area contributed by atoms with Crippen LogP contribution in [0.1, 0.15) is 12.0 Å². The molecule has 0 unspecified atom stereocenters. The highest BCUT2D eigenvalue weighted by Crippen LogP contribution is 2.19. The molecule has 6 heteroatoms. The van der Waals surface area contributed by atoms with Crippen LogP contribution in [0.15, 0.2) is 41.9 Å². The Bertz CT molecular complexity index is 632. The minimum Gasteiger partial charge on any atom is -0.346 e. The molecule has 1 saturated heterocycles. The largest absolute Gasteiger partial charge is 0.346 e. The molecule has 1 amide bonds. The van der Waals surface area contributed by atoms with Gasteiger partial charge in [-0.2, -0.15) is 0 Å². The SMILES string of the molecule is CN(CC(=O)N1CCCN(c2nccs2)CC1)Cc1ccccc1. The molecular weight excluding hydrogens is 320 g/mol. The molecule has 0 spiro atoms. The van der Waals surface area contributed by atoms with E-state index in [9.17, 15) is 4.79 Å². The van der Waals surface area contributed by atoms with Gasteiger partial charge in [-0.1, -0.05) is 30.3 Å². The van der Waals surface area contributed by atoms with Crippen LogP contribution >= 0.6 is 11.3 Å². The molecule has 1 aromatic heterocycles. The van der Waals surface area contributed by atoms with Gasteiger partial charge in [-0.25, -0.2) is 4.98 Å². The van der Waals surface area contributed by atoms with Gasteiger partial charge in [0.15, 0.2) is 5.13 Å². The van der Waals surface area contributed by atoms with Crippen molar-refractivity contribution in [3.05, 3.63) is 47.5 Å². The zero-order valence-electron chi connectivity index (χ0n) is 14.1. The Kier molecular flexibility index (Phi) is 5.82. The highest BCUT2D eigenvalue weighted by Gasteiger charge is 2.21. The van der Waals surface area contributed by atoms with Gasteiger partial charge in [-0.3, -0.25) is 9.69 Å². The molecule has 1 fully saturated rings. The van der Waals surface area contributed by atoms with Crippen molar-refractivity contribution < 1.29 is 4.79 Å². The topological polar surface area (TPSA) is 39.7 Å². The van der Waals surface area contributed by atoms with E-state index in [-0.39, 0.29) is 5.91 Å². The van der Waals surface area contributed by atoms with Crippen molar-refractivity contribution in [1.82, 2.24) is 14.8 Å². The Hall–Kier alpha value is -1.92. The number of anilines is 1. The lowest BCUT2D eigenvalue weighted by atomic mass is 10.2. The van der Waals surface area contributed by atoms with Gasteiger partial charge in [0.2, 0.25) is 5.91 Å². The average molecular weight is 344 g/mol. The number of rotatable bonds is 5. The number of benzene rings is 1. The van der Waals surface area contributed by atoms with E-state index in [1.54, 1.807) is 11.3 Å². The number of amides is 1. The van der Waals surface area contributed by atoms with Gasteiger partial charge in [0.25, 0.3) is 0 Å². The smallest absolute Gasteiger partial charge is 0.236 e. The number of aromatic nitrogens is 1. The molecule has 3 rings (SSSR count). The van der Waals surface area contributed by atoms with E-state index in [0.29, 0.717) is 6.54 Å². The van der Waals surface area contributed by atoms with Gasteiger partial charge in [0, 0.05) is 44.3 Å². The van der Waals surface area contributed by atoms with E-state index in [2.05, 4.69) is 26.9 Å². The van der Waals surface area contributed by atoms with Crippen LogP contribution in [0.25, 0.3) is 0 Å². The fraction of sp³-hybridized carbons (Fsp3) is 0.444. The first-order chi connectivity index (χ1) is 11.7. The molecule has 0 radical (unpaired) electrons. The van der Waals surface area contributed by atoms with Crippen molar-refractivity contribution >= 4 is 22.4 Å². The molecular formula is C18H24N4OS. The first-order valence-electron chi connectivity index (χ1n) is 8.37. The number of hydrogen-bond acceptors (Lipinski definition) is 5. The Morgan fingerprint density at radius 3 is 2.79 bits per heavy atom. The second-order valence-electron chi connectivity index (χ2n) is 6.19. The van der Waals surface area contributed by atoms with Crippen LogP contribution in [0, 0.1) is 0 Å². The number of likely N-dealkylation sites (N-methyl/N-ethyl adjacent to an activating group) is 1. The third-order valence-corrected chi connectivity index (χ3v) is 5.07. The summed E-state index contributed by atoms with van der Waals surface area (Å²) in [4.78, 5) is 23.3. The fourth-order valence-electron chi connectivity index (χ4n) is 3.01. The molecule has 1 aliphatic rings. The molecule has 1 aromatic carbocycles. The number of thiazole rings is 1. The van der Waals surface area contributed by atoms with Gasteiger partial charge in [0.05, 0.1) is 6.54 Å². The third kappa shape index (κ3) is 4.55. The number of carbonyl (C=O) groups excluding carboxylic acids is 1. The first-order valence-corrected chi connectivity index (χ1v) is 9.25. The minimum atomic E-state index is 0.217. The molecule has 2 aromatic rings. The van der Waals surface area contributed by atoms with Crippen LogP contribution in [0.2, 0.25) is 0 Å². The van der Waals surface area contributed by atoms with Crippen molar-refractivity contribution in [2.24, 2.45) is 0 Å². The predicted molar refractivity (Wildman–Crippen MR) is 98.3 cm³/mol. The van der Waals surface area contributed by atoms with Crippen molar-refractivity contribution in [3.8, 4) is 0 Å². The molecule has 0 atom stereocenters. The van der Waals surface area contributed by atoms with E-state index in [1.807, 2.05) is 41.7 Å². The zero-order valence-corrected chi connectivity index (χ0v) is 14.9. The minimum absolute atomic E-state index is 0.217. The van der Waals surface area contributed by atoms with E-state index in [0.717, 1.165) is 44.3 Å². The summed E-state index contributed by atoms with van der Waals surface area (Å²) in [7, 11) is 2.00. The summed E-state index contributed by atoms with van der Waals surface area (Å²) in [5.41, 5.74) is 1.23. The lowest BCUT2D eigenvalue weighted by Crippen LogP contribution is -2.40. The molecule has 0 saturated carbocycles. The maximum atomic E-state index is 12.6. The molecule has 0 bridgehead atoms. The summed E-state index contributed by atoms with van der Waals surface area (Å²) in [6.07, 6.45) is 2.83. The van der Waals surface area contributed by atoms with Gasteiger partial charge < -0.3 is 9.80 Å². The lowest BCUT2D eigenvalue weighted by molar-refractivity contribution is -0.132. The summed E-state index contributed by atoms with van der Waals surface area (Å²) in [6, 6.07) is 10.3. The van der Waals surface area contributed by atoms with Crippen molar-refractivity contribution in [2.75, 3.05) is 44.7 Å². The highest BCUT2D eigenvalue weighted by atomic mass is 32.1. The van der Waals surface area contributed by atoms with Crippen LogP contribution < -0.4 is 4.90 Å². The first kappa shape index (κ1) is 16.9. The molecule has 5 nitrogen and oxygen atoms in total. The summed E-state index contributed by atoms with van der Waals surface area (Å²) in [5, 5.41) is 3.06. The molecule has 2 heterocycles. The van der Waals surface area contributed by atoms with Crippen LogP contribution in [0.4, 0.5) is 5.13 Å². The maximum absolute atomic E-state index is 12.6. The normalized spacial score (nSPS) is 15.6. The standard InChI is InChI=1S/C18H24N4OS/c1-20(14-16-6-3-2-4-7-16)15-17(23)21-9-5-10-22(12-11-21)18-19-8-13-24-18/h2-4,6-8,13H,5,9-12,14-15H2,1H3. The zero-order chi connectivity index (χ0) is 16.8. The summed E-state index contributed by atoms with van der Waals surface area (Å²) >= 11 is 1.66. The van der Waals surface area contributed by atoms with E-state index >= 15 is 0 Å². The molecule has 0 aliphatic carbocycles. The van der Waals surface area contributed by atoms with E-state index < -0.39 is 0 Å². The molecule has 0 N–H and O–H groups in total. The molecule has 128 valence electrons. The van der Waals surface area contributed by atoms with Gasteiger partial charge in [0.1, 0.15) is 0 Å². The fourth-order valence-corrected chi connectivity index (χ4v) is 3.71. The van der Waals surface area contributed by atoms with Crippen molar-refractivity contribution in [3.63, 3.8) is 0 Å². The monoisotopic (exact) mass is 344 g/mol. The quantitative estimate of drug-likeness (QED) is 0.834. The highest BCUT2D eigenvalue weighted by molar-refractivity contribution is 7.13. The molecule has 1 aliphatic heterocycles. The van der Waals surface area contributed by atoms with Crippen molar-refractivity contribution in [2.45, 2.75) is 13.0 Å². The summed E-state index contributed by atoms with van der Waals surface area (Å²) < 4.78 is 0. The molecule has 24 heavy (non-hydrogen) atoms. The maximum Gasteiger partial charge on any atom is 0.236 e. The lowest BCUT2D eigenvalue weighted by Gasteiger charge is -2.24. The van der Waals surface area contributed by atoms with E-state index in [4.69, 9.17) is 0 Å². The Balaban J connectivity index is 1.50. The number of nitrogens with zero attached hydrogens (tertiary/aromatic N) is 4. The Labute approximate surface area is 147 Å². The Morgan fingerprint density at radius 2 is 2.04 bits per heavy atom.